The SMILES string of the molecule is COc1ccc(-c2nc3ccccc3[nH]2)cc1NC(=O)c1ccc(Cl)c([N+](=O)[O-])c1. The first kappa shape index (κ1) is 19.4. The Labute approximate surface area is 175 Å². The van der Waals surface area contributed by atoms with Crippen molar-refractivity contribution in [3.63, 3.8) is 0 Å². The number of nitrogens with zero attached hydrogens (tertiary/aromatic N) is 2. The Balaban J connectivity index is 1.68. The van der Waals surface area contributed by atoms with Gasteiger partial charge in [0.15, 0.2) is 0 Å². The summed E-state index contributed by atoms with van der Waals surface area (Å²) < 4.78 is 5.34. The van der Waals surface area contributed by atoms with Crippen molar-refractivity contribution in [1.82, 2.24) is 9.97 Å². The van der Waals surface area contributed by atoms with Gasteiger partial charge in [0, 0.05) is 17.2 Å². The Morgan fingerprint density at radius 2 is 1.97 bits per heavy atom. The van der Waals surface area contributed by atoms with E-state index in [1.165, 1.54) is 19.2 Å². The molecular formula is C21H15ClN4O4. The molecule has 0 spiro atoms. The number of benzene rings is 3. The molecule has 150 valence electrons. The number of carbonyl (C=O) groups excluding carboxylic acids is 1. The maximum atomic E-state index is 12.7. The molecule has 1 amide bonds. The Kier molecular flexibility index (Phi) is 5.07. The molecule has 0 bridgehead atoms. The fraction of sp³-hybridized carbons (Fsp3) is 0.0476. The van der Waals surface area contributed by atoms with E-state index in [9.17, 15) is 14.9 Å². The molecule has 1 aromatic heterocycles. The first-order chi connectivity index (χ1) is 14.5. The van der Waals surface area contributed by atoms with Crippen molar-refractivity contribution in [1.29, 1.82) is 0 Å². The molecule has 2 N–H and O–H groups in total. The van der Waals surface area contributed by atoms with Gasteiger partial charge in [-0.25, -0.2) is 4.98 Å². The zero-order valence-electron chi connectivity index (χ0n) is 15.7. The molecule has 0 atom stereocenters. The summed E-state index contributed by atoms with van der Waals surface area (Å²) in [5.41, 5.74) is 2.61. The van der Waals surface area contributed by atoms with Gasteiger partial charge in [-0.1, -0.05) is 23.7 Å². The van der Waals surface area contributed by atoms with Gasteiger partial charge in [0.1, 0.15) is 16.6 Å². The molecule has 0 unspecified atom stereocenters. The van der Waals surface area contributed by atoms with Crippen molar-refractivity contribution in [2.75, 3.05) is 12.4 Å². The van der Waals surface area contributed by atoms with E-state index in [2.05, 4.69) is 15.3 Å². The van der Waals surface area contributed by atoms with Gasteiger partial charge in [0.25, 0.3) is 11.6 Å². The van der Waals surface area contributed by atoms with Gasteiger partial charge in [0.05, 0.1) is 28.8 Å². The van der Waals surface area contributed by atoms with Gasteiger partial charge in [-0.05, 0) is 42.5 Å². The number of nitro groups is 1. The summed E-state index contributed by atoms with van der Waals surface area (Å²) in [6, 6.07) is 16.7. The summed E-state index contributed by atoms with van der Waals surface area (Å²) in [5, 5.41) is 13.8. The number of aromatic nitrogens is 2. The van der Waals surface area contributed by atoms with Crippen LogP contribution in [0.3, 0.4) is 0 Å². The number of ether oxygens (including phenoxy) is 1. The fourth-order valence-electron chi connectivity index (χ4n) is 3.03. The quantitative estimate of drug-likeness (QED) is 0.345. The predicted octanol–water partition coefficient (Wildman–Crippen LogP) is 5.05. The van der Waals surface area contributed by atoms with E-state index in [4.69, 9.17) is 16.3 Å². The highest BCUT2D eigenvalue weighted by atomic mass is 35.5. The van der Waals surface area contributed by atoms with Crippen LogP contribution in [0.5, 0.6) is 5.75 Å². The lowest BCUT2D eigenvalue weighted by atomic mass is 10.1. The molecule has 0 aliphatic heterocycles. The number of H-pyrrole nitrogens is 1. The second-order valence-corrected chi connectivity index (χ2v) is 6.80. The molecule has 9 heteroatoms. The number of nitrogens with one attached hydrogen (secondary N) is 2. The summed E-state index contributed by atoms with van der Waals surface area (Å²) in [6.45, 7) is 0. The van der Waals surface area contributed by atoms with E-state index in [0.29, 0.717) is 17.3 Å². The zero-order valence-corrected chi connectivity index (χ0v) is 16.4. The molecule has 0 aliphatic rings. The second-order valence-electron chi connectivity index (χ2n) is 6.40. The smallest absolute Gasteiger partial charge is 0.288 e. The Hall–Kier alpha value is -3.91. The average molecular weight is 423 g/mol. The Morgan fingerprint density at radius 3 is 2.70 bits per heavy atom. The standard InChI is InChI=1S/C21H15ClN4O4/c1-30-19-9-7-12(20-23-15-4-2-3-5-16(15)24-20)10-17(19)25-21(27)13-6-8-14(22)18(11-13)26(28)29/h2-11H,1H3,(H,23,24)(H,25,27). The van der Waals surface area contributed by atoms with E-state index in [1.54, 1.807) is 12.1 Å². The largest absolute Gasteiger partial charge is 0.495 e. The number of methoxy groups -OCH3 is 1. The van der Waals surface area contributed by atoms with Crippen LogP contribution in [0.25, 0.3) is 22.4 Å². The van der Waals surface area contributed by atoms with E-state index >= 15 is 0 Å². The van der Waals surface area contributed by atoms with Gasteiger partial charge in [0.2, 0.25) is 0 Å². The van der Waals surface area contributed by atoms with Crippen LogP contribution in [0, 0.1) is 10.1 Å². The maximum Gasteiger partial charge on any atom is 0.288 e. The molecule has 3 aromatic carbocycles. The molecule has 30 heavy (non-hydrogen) atoms. The average Bonchev–Trinajstić information content (AvgIpc) is 3.18. The number of aromatic amines is 1. The zero-order chi connectivity index (χ0) is 21.3. The summed E-state index contributed by atoms with van der Waals surface area (Å²) in [6.07, 6.45) is 0. The first-order valence-electron chi connectivity index (χ1n) is 8.84. The minimum absolute atomic E-state index is 0.0407. The summed E-state index contributed by atoms with van der Waals surface area (Å²) in [4.78, 5) is 30.9. The number of halogens is 1. The molecule has 0 aliphatic carbocycles. The van der Waals surface area contributed by atoms with Crippen molar-refractivity contribution >= 4 is 39.9 Å². The van der Waals surface area contributed by atoms with Crippen molar-refractivity contribution in [2.45, 2.75) is 0 Å². The molecule has 0 fully saturated rings. The fourth-order valence-corrected chi connectivity index (χ4v) is 3.22. The van der Waals surface area contributed by atoms with Crippen molar-refractivity contribution in [3.05, 3.63) is 81.4 Å². The van der Waals surface area contributed by atoms with Crippen LogP contribution in [0.15, 0.2) is 60.7 Å². The van der Waals surface area contributed by atoms with Gasteiger partial charge < -0.3 is 15.0 Å². The lowest BCUT2D eigenvalue weighted by Gasteiger charge is -2.12. The number of rotatable bonds is 5. The van der Waals surface area contributed by atoms with Crippen LogP contribution in [-0.4, -0.2) is 27.9 Å². The third kappa shape index (κ3) is 3.68. The lowest BCUT2D eigenvalue weighted by molar-refractivity contribution is -0.384. The van der Waals surface area contributed by atoms with Crippen LogP contribution < -0.4 is 10.1 Å². The number of fused-ring (bicyclic) bond motifs is 1. The number of amides is 1. The molecule has 0 saturated carbocycles. The van der Waals surface area contributed by atoms with E-state index in [-0.39, 0.29) is 16.3 Å². The molecule has 0 saturated heterocycles. The highest BCUT2D eigenvalue weighted by Crippen LogP contribution is 2.31. The number of hydrogen-bond acceptors (Lipinski definition) is 5. The molecule has 1 heterocycles. The van der Waals surface area contributed by atoms with E-state index in [0.717, 1.165) is 22.7 Å². The minimum Gasteiger partial charge on any atom is -0.495 e. The van der Waals surface area contributed by atoms with Crippen LogP contribution in [0.1, 0.15) is 10.4 Å². The van der Waals surface area contributed by atoms with Gasteiger partial charge in [-0.15, -0.1) is 0 Å². The molecule has 4 aromatic rings. The normalized spacial score (nSPS) is 10.7. The minimum atomic E-state index is -0.637. The van der Waals surface area contributed by atoms with Crippen LogP contribution in [-0.2, 0) is 0 Å². The van der Waals surface area contributed by atoms with Gasteiger partial charge >= 0.3 is 0 Å². The maximum absolute atomic E-state index is 12.7. The highest BCUT2D eigenvalue weighted by Gasteiger charge is 2.18. The number of anilines is 1. The van der Waals surface area contributed by atoms with Crippen LogP contribution in [0.4, 0.5) is 11.4 Å². The summed E-state index contributed by atoms with van der Waals surface area (Å²) in [5.74, 6) is 0.540. The highest BCUT2D eigenvalue weighted by molar-refractivity contribution is 6.32. The van der Waals surface area contributed by atoms with Crippen molar-refractivity contribution in [3.8, 4) is 17.1 Å². The van der Waals surface area contributed by atoms with Crippen LogP contribution >= 0.6 is 11.6 Å². The third-order valence-electron chi connectivity index (χ3n) is 4.52. The van der Waals surface area contributed by atoms with Crippen molar-refractivity contribution in [2.24, 2.45) is 0 Å². The van der Waals surface area contributed by atoms with E-state index < -0.39 is 10.8 Å². The summed E-state index contributed by atoms with van der Waals surface area (Å²) in [7, 11) is 1.49. The topological polar surface area (TPSA) is 110 Å². The first-order valence-corrected chi connectivity index (χ1v) is 9.22. The Morgan fingerprint density at radius 1 is 1.17 bits per heavy atom. The lowest BCUT2D eigenvalue weighted by Crippen LogP contribution is -2.13. The Bertz CT molecular complexity index is 1250. The predicted molar refractivity (Wildman–Crippen MR) is 114 cm³/mol. The molecule has 0 radical (unpaired) electrons. The number of imidazole rings is 1. The molecule has 8 nitrogen and oxygen atoms in total. The van der Waals surface area contributed by atoms with Crippen molar-refractivity contribution < 1.29 is 14.5 Å². The third-order valence-corrected chi connectivity index (χ3v) is 4.84. The molecule has 4 rings (SSSR count). The van der Waals surface area contributed by atoms with E-state index in [1.807, 2.05) is 30.3 Å². The number of hydrogen-bond donors (Lipinski definition) is 2. The monoisotopic (exact) mass is 422 g/mol. The van der Waals surface area contributed by atoms with Gasteiger partial charge in [-0.2, -0.15) is 0 Å². The number of para-hydroxylation sites is 2. The van der Waals surface area contributed by atoms with Crippen LogP contribution in [0.2, 0.25) is 5.02 Å². The molecular weight excluding hydrogens is 408 g/mol. The second kappa shape index (κ2) is 7.84. The number of nitro benzene ring substituents is 1. The van der Waals surface area contributed by atoms with Gasteiger partial charge in [-0.3, -0.25) is 14.9 Å². The number of carbonyl (C=O) groups is 1. The summed E-state index contributed by atoms with van der Waals surface area (Å²) >= 11 is 5.82.